The van der Waals surface area contributed by atoms with Crippen molar-refractivity contribution in [2.24, 2.45) is 0 Å². The summed E-state index contributed by atoms with van der Waals surface area (Å²) in [6.07, 6.45) is 14.8. The Morgan fingerprint density at radius 3 is 1.57 bits per heavy atom. The minimum Gasteiger partial charge on any atom is -0.377 e. The lowest BCUT2D eigenvalue weighted by molar-refractivity contribution is 0.561. The quantitative estimate of drug-likeness (QED) is 0.400. The molecule has 86 valence electrons. The smallest absolute Gasteiger partial charge is 0.0107 e. The lowest BCUT2D eigenvalue weighted by atomic mass is 10.1. The van der Waals surface area contributed by atoms with Crippen LogP contribution in [-0.4, -0.2) is 11.1 Å². The van der Waals surface area contributed by atoms with Crippen molar-refractivity contribution in [3.05, 3.63) is 0 Å². The van der Waals surface area contributed by atoms with E-state index in [1.807, 2.05) is 0 Å². The van der Waals surface area contributed by atoms with Gasteiger partial charge in [-0.1, -0.05) is 64.7 Å². The minimum absolute atomic E-state index is 0.170. The van der Waals surface area contributed by atoms with Gasteiger partial charge in [0.25, 0.3) is 0 Å². The van der Waals surface area contributed by atoms with E-state index in [1.54, 1.807) is 0 Å². The monoisotopic (exact) mass is 218 g/mol. The third kappa shape index (κ3) is 12.4. The molecule has 0 aliphatic heterocycles. The van der Waals surface area contributed by atoms with Crippen LogP contribution in [0.2, 0.25) is 0 Å². The highest BCUT2D eigenvalue weighted by atomic mass is 31.1. The molecule has 0 spiro atoms. The zero-order valence-corrected chi connectivity index (χ0v) is 10.7. The van der Waals surface area contributed by atoms with Crippen LogP contribution in [0.5, 0.6) is 0 Å². The summed E-state index contributed by atoms with van der Waals surface area (Å²) in [5.41, 5.74) is 0. The van der Waals surface area contributed by atoms with Crippen molar-refractivity contribution >= 4 is 8.81 Å². The highest BCUT2D eigenvalue weighted by Gasteiger charge is 1.91. The van der Waals surface area contributed by atoms with Gasteiger partial charge in [-0.3, -0.25) is 0 Å². The van der Waals surface area contributed by atoms with Crippen LogP contribution in [-0.2, 0) is 0 Å². The fourth-order valence-electron chi connectivity index (χ4n) is 1.69. The van der Waals surface area contributed by atoms with Gasteiger partial charge >= 0.3 is 0 Å². The van der Waals surface area contributed by atoms with Crippen LogP contribution in [0.4, 0.5) is 0 Å². The van der Waals surface area contributed by atoms with Crippen molar-refractivity contribution in [3.63, 3.8) is 0 Å². The molecule has 0 aliphatic rings. The first kappa shape index (κ1) is 14.4. The molecule has 0 radical (unpaired) electrons. The van der Waals surface area contributed by atoms with E-state index < -0.39 is 0 Å². The predicted octanol–water partition coefficient (Wildman–Crippen LogP) is 4.49. The fourth-order valence-corrected chi connectivity index (χ4v) is 2.10. The topological polar surface area (TPSA) is 20.2 Å². The average Bonchev–Trinajstić information content (AvgIpc) is 2.21. The minimum atomic E-state index is 0.170. The lowest BCUT2D eigenvalue weighted by Crippen LogP contribution is -1.82. The van der Waals surface area contributed by atoms with Gasteiger partial charge in [0.2, 0.25) is 0 Å². The molecule has 0 aromatic carbocycles. The maximum atomic E-state index is 8.62. The molecule has 14 heavy (non-hydrogen) atoms. The summed E-state index contributed by atoms with van der Waals surface area (Å²) in [7, 11) is 0.170. The second-order valence-electron chi connectivity index (χ2n) is 4.09. The highest BCUT2D eigenvalue weighted by molar-refractivity contribution is 7.31. The summed E-state index contributed by atoms with van der Waals surface area (Å²) in [6, 6.07) is 0. The van der Waals surface area contributed by atoms with Gasteiger partial charge in [-0.15, -0.1) is 0 Å². The average molecular weight is 218 g/mol. The molecule has 0 rings (SSSR count). The Morgan fingerprint density at radius 2 is 1.14 bits per heavy atom. The van der Waals surface area contributed by atoms with Crippen molar-refractivity contribution in [3.8, 4) is 0 Å². The molecule has 0 fully saturated rings. The molecule has 0 amide bonds. The van der Waals surface area contributed by atoms with E-state index in [-0.39, 0.29) is 8.81 Å². The Hall–Kier alpha value is 0.390. The summed E-state index contributed by atoms with van der Waals surface area (Å²) in [4.78, 5) is 8.62. The Bertz CT molecular complexity index is 84.3. The number of unbranched alkanes of at least 4 members (excludes halogenated alkanes) is 9. The molecule has 0 bridgehead atoms. The predicted molar refractivity (Wildman–Crippen MR) is 67.2 cm³/mol. The molecule has 0 aromatic rings. The van der Waals surface area contributed by atoms with Crippen molar-refractivity contribution in [2.45, 2.75) is 71.1 Å². The van der Waals surface area contributed by atoms with Gasteiger partial charge in [-0.2, -0.15) is 0 Å². The Balaban J connectivity index is 2.78. The standard InChI is InChI=1S/C12H27OP/c1-2-3-4-5-6-7-8-9-10-11-12-14-13/h13-14H,2-12H2,1H3. The van der Waals surface area contributed by atoms with Gasteiger partial charge in [0.15, 0.2) is 0 Å². The Kier molecular flexibility index (Phi) is 13.8. The van der Waals surface area contributed by atoms with Crippen LogP contribution in [0, 0.1) is 0 Å². The molecule has 0 saturated heterocycles. The lowest BCUT2D eigenvalue weighted by Gasteiger charge is -2.01. The van der Waals surface area contributed by atoms with Crippen LogP contribution in [0.1, 0.15) is 71.1 Å². The molecule has 1 N–H and O–H groups in total. The van der Waals surface area contributed by atoms with Crippen LogP contribution in [0.15, 0.2) is 0 Å². The van der Waals surface area contributed by atoms with E-state index in [0.717, 1.165) is 6.16 Å². The normalized spacial score (nSPS) is 11.6. The third-order valence-electron chi connectivity index (χ3n) is 2.64. The van der Waals surface area contributed by atoms with Crippen molar-refractivity contribution < 1.29 is 4.89 Å². The third-order valence-corrected chi connectivity index (χ3v) is 3.22. The van der Waals surface area contributed by atoms with E-state index in [1.165, 1.54) is 64.2 Å². The molecule has 1 nitrogen and oxygen atoms in total. The number of hydrogen-bond acceptors (Lipinski definition) is 1. The maximum Gasteiger partial charge on any atom is 0.0107 e. The first-order chi connectivity index (χ1) is 6.91. The highest BCUT2D eigenvalue weighted by Crippen LogP contribution is 2.12. The van der Waals surface area contributed by atoms with Gasteiger partial charge in [0, 0.05) is 8.81 Å². The van der Waals surface area contributed by atoms with E-state index in [2.05, 4.69) is 6.92 Å². The second kappa shape index (κ2) is 13.4. The number of rotatable bonds is 11. The zero-order valence-electron chi connectivity index (χ0n) is 9.73. The largest absolute Gasteiger partial charge is 0.377 e. The molecule has 1 unspecified atom stereocenters. The maximum absolute atomic E-state index is 8.62. The van der Waals surface area contributed by atoms with Crippen molar-refractivity contribution in [1.29, 1.82) is 0 Å². The molecular weight excluding hydrogens is 191 g/mol. The summed E-state index contributed by atoms with van der Waals surface area (Å²) in [5, 5.41) is 0. The summed E-state index contributed by atoms with van der Waals surface area (Å²) >= 11 is 0. The van der Waals surface area contributed by atoms with Crippen LogP contribution in [0.25, 0.3) is 0 Å². The molecular formula is C12H27OP. The summed E-state index contributed by atoms with van der Waals surface area (Å²) < 4.78 is 0. The Labute approximate surface area is 91.5 Å². The van der Waals surface area contributed by atoms with Crippen LogP contribution < -0.4 is 0 Å². The van der Waals surface area contributed by atoms with Crippen molar-refractivity contribution in [1.82, 2.24) is 0 Å². The van der Waals surface area contributed by atoms with E-state index in [4.69, 9.17) is 4.89 Å². The molecule has 0 saturated carbocycles. The van der Waals surface area contributed by atoms with Gasteiger partial charge < -0.3 is 4.89 Å². The second-order valence-corrected chi connectivity index (χ2v) is 4.91. The number of hydrogen-bond donors (Lipinski definition) is 1. The summed E-state index contributed by atoms with van der Waals surface area (Å²) in [6.45, 7) is 2.27. The summed E-state index contributed by atoms with van der Waals surface area (Å²) in [5.74, 6) is 0. The first-order valence-electron chi connectivity index (χ1n) is 6.28. The van der Waals surface area contributed by atoms with E-state index >= 15 is 0 Å². The van der Waals surface area contributed by atoms with Crippen LogP contribution in [0.3, 0.4) is 0 Å². The van der Waals surface area contributed by atoms with E-state index in [9.17, 15) is 0 Å². The molecule has 2 heteroatoms. The van der Waals surface area contributed by atoms with E-state index in [0.29, 0.717) is 0 Å². The zero-order chi connectivity index (χ0) is 10.5. The molecule has 0 aliphatic carbocycles. The fraction of sp³-hybridized carbons (Fsp3) is 1.00. The van der Waals surface area contributed by atoms with Crippen LogP contribution >= 0.6 is 8.81 Å². The van der Waals surface area contributed by atoms with Gasteiger partial charge in [0.1, 0.15) is 0 Å². The SMILES string of the molecule is CCCCCCCCCCCCPO. The Morgan fingerprint density at radius 1 is 0.714 bits per heavy atom. The van der Waals surface area contributed by atoms with Crippen molar-refractivity contribution in [2.75, 3.05) is 6.16 Å². The molecule has 0 heterocycles. The molecule has 1 atom stereocenters. The first-order valence-corrected chi connectivity index (χ1v) is 7.44. The van der Waals surface area contributed by atoms with Gasteiger partial charge in [0.05, 0.1) is 0 Å². The van der Waals surface area contributed by atoms with Gasteiger partial charge in [-0.25, -0.2) is 0 Å². The molecule has 0 aromatic heterocycles. The van der Waals surface area contributed by atoms with Gasteiger partial charge in [-0.05, 0) is 12.6 Å².